The van der Waals surface area contributed by atoms with Crippen LogP contribution < -0.4 is 5.73 Å². The van der Waals surface area contributed by atoms with Gasteiger partial charge in [0.1, 0.15) is 5.78 Å². The number of carbonyl (C=O) groups excluding carboxylic acids is 1. The van der Waals surface area contributed by atoms with Crippen LogP contribution in [0.4, 0.5) is 0 Å². The predicted molar refractivity (Wildman–Crippen MR) is 49.7 cm³/mol. The van der Waals surface area contributed by atoms with Gasteiger partial charge in [-0.05, 0) is 11.6 Å². The molecule has 1 aromatic heterocycles. The SMILES string of the molecule is NC1COCC1C(=O)Cc1ccoc1. The molecular weight excluding hydrogens is 182 g/mol. The maximum atomic E-state index is 11.7. The number of hydrogen-bond acceptors (Lipinski definition) is 4. The fourth-order valence-electron chi connectivity index (χ4n) is 1.63. The first-order valence-electron chi connectivity index (χ1n) is 4.64. The molecule has 2 heterocycles. The Morgan fingerprint density at radius 1 is 1.57 bits per heavy atom. The molecule has 0 radical (unpaired) electrons. The lowest BCUT2D eigenvalue weighted by molar-refractivity contribution is -0.122. The van der Waals surface area contributed by atoms with E-state index >= 15 is 0 Å². The quantitative estimate of drug-likeness (QED) is 0.756. The number of ether oxygens (including phenoxy) is 1. The molecule has 2 N–H and O–H groups in total. The molecule has 0 bridgehead atoms. The molecular formula is C10H13NO3. The Morgan fingerprint density at radius 2 is 2.43 bits per heavy atom. The highest BCUT2D eigenvalue weighted by Gasteiger charge is 2.30. The molecule has 1 fully saturated rings. The van der Waals surface area contributed by atoms with E-state index in [1.165, 1.54) is 0 Å². The first kappa shape index (κ1) is 9.43. The van der Waals surface area contributed by atoms with Crippen LogP contribution in [-0.4, -0.2) is 25.0 Å². The van der Waals surface area contributed by atoms with Gasteiger partial charge in [-0.15, -0.1) is 0 Å². The molecule has 0 aliphatic carbocycles. The highest BCUT2D eigenvalue weighted by atomic mass is 16.5. The molecule has 1 aliphatic rings. The van der Waals surface area contributed by atoms with E-state index in [2.05, 4.69) is 0 Å². The molecule has 0 amide bonds. The van der Waals surface area contributed by atoms with Crippen molar-refractivity contribution in [3.63, 3.8) is 0 Å². The Labute approximate surface area is 82.0 Å². The van der Waals surface area contributed by atoms with Crippen LogP contribution in [0.3, 0.4) is 0 Å². The van der Waals surface area contributed by atoms with Crippen LogP contribution in [0.25, 0.3) is 0 Å². The summed E-state index contributed by atoms with van der Waals surface area (Å²) in [4.78, 5) is 11.7. The Hall–Kier alpha value is -1.13. The Morgan fingerprint density at radius 3 is 3.00 bits per heavy atom. The molecule has 76 valence electrons. The van der Waals surface area contributed by atoms with Gasteiger partial charge < -0.3 is 14.9 Å². The molecule has 1 aliphatic heterocycles. The zero-order valence-corrected chi connectivity index (χ0v) is 7.81. The number of Topliss-reactive ketones (excluding diaryl/α,β-unsaturated/α-hetero) is 1. The zero-order chi connectivity index (χ0) is 9.97. The van der Waals surface area contributed by atoms with E-state index in [1.807, 2.05) is 0 Å². The van der Waals surface area contributed by atoms with Crippen LogP contribution in [0, 0.1) is 5.92 Å². The average molecular weight is 195 g/mol. The van der Waals surface area contributed by atoms with E-state index in [0.29, 0.717) is 19.6 Å². The third kappa shape index (κ3) is 1.86. The molecule has 14 heavy (non-hydrogen) atoms. The van der Waals surface area contributed by atoms with Gasteiger partial charge in [0.2, 0.25) is 0 Å². The molecule has 0 aromatic carbocycles. The van der Waals surface area contributed by atoms with Crippen molar-refractivity contribution in [1.29, 1.82) is 0 Å². The van der Waals surface area contributed by atoms with Crippen LogP contribution in [-0.2, 0) is 16.0 Å². The molecule has 0 spiro atoms. The topological polar surface area (TPSA) is 65.5 Å². The summed E-state index contributed by atoms with van der Waals surface area (Å²) in [6, 6.07) is 1.65. The molecule has 4 nitrogen and oxygen atoms in total. The molecule has 4 heteroatoms. The van der Waals surface area contributed by atoms with Crippen molar-refractivity contribution in [1.82, 2.24) is 0 Å². The molecule has 0 saturated carbocycles. The van der Waals surface area contributed by atoms with E-state index in [4.69, 9.17) is 14.9 Å². The normalized spacial score (nSPS) is 26.6. The summed E-state index contributed by atoms with van der Waals surface area (Å²) in [5.74, 6) is -0.0127. The second kappa shape index (κ2) is 3.94. The van der Waals surface area contributed by atoms with Gasteiger partial charge in [0, 0.05) is 12.5 Å². The van der Waals surface area contributed by atoms with Gasteiger partial charge in [-0.1, -0.05) is 0 Å². The number of ketones is 1. The Bertz CT molecular complexity index is 307. The number of hydrogen-bond donors (Lipinski definition) is 1. The van der Waals surface area contributed by atoms with Crippen molar-refractivity contribution in [2.45, 2.75) is 12.5 Å². The highest BCUT2D eigenvalue weighted by molar-refractivity contribution is 5.84. The fraction of sp³-hybridized carbons (Fsp3) is 0.500. The predicted octanol–water partition coefficient (Wildman–Crippen LogP) is 0.365. The summed E-state index contributed by atoms with van der Waals surface area (Å²) in [5.41, 5.74) is 6.64. The van der Waals surface area contributed by atoms with E-state index in [1.54, 1.807) is 18.6 Å². The summed E-state index contributed by atoms with van der Waals surface area (Å²) in [7, 11) is 0. The molecule has 2 rings (SSSR count). The maximum Gasteiger partial charge on any atom is 0.144 e. The van der Waals surface area contributed by atoms with Crippen LogP contribution in [0.15, 0.2) is 23.0 Å². The van der Waals surface area contributed by atoms with Crippen molar-refractivity contribution in [2.24, 2.45) is 11.7 Å². The van der Waals surface area contributed by atoms with Crippen molar-refractivity contribution < 1.29 is 13.9 Å². The van der Waals surface area contributed by atoms with Gasteiger partial charge >= 0.3 is 0 Å². The van der Waals surface area contributed by atoms with Gasteiger partial charge in [0.15, 0.2) is 0 Å². The van der Waals surface area contributed by atoms with E-state index in [-0.39, 0.29) is 17.7 Å². The van der Waals surface area contributed by atoms with Gasteiger partial charge in [-0.3, -0.25) is 4.79 Å². The minimum absolute atomic E-state index is 0.136. The van der Waals surface area contributed by atoms with Crippen molar-refractivity contribution in [3.8, 4) is 0 Å². The van der Waals surface area contributed by atoms with Gasteiger partial charge in [-0.25, -0.2) is 0 Å². The summed E-state index contributed by atoms with van der Waals surface area (Å²) in [6.07, 6.45) is 3.53. The van der Waals surface area contributed by atoms with Gasteiger partial charge in [0.25, 0.3) is 0 Å². The second-order valence-corrected chi connectivity index (χ2v) is 3.58. The summed E-state index contributed by atoms with van der Waals surface area (Å²) >= 11 is 0. The number of furan rings is 1. The monoisotopic (exact) mass is 195 g/mol. The lowest BCUT2D eigenvalue weighted by Crippen LogP contribution is -2.34. The summed E-state index contributed by atoms with van der Waals surface area (Å²) in [5, 5.41) is 0. The highest BCUT2D eigenvalue weighted by Crippen LogP contribution is 2.15. The van der Waals surface area contributed by atoms with E-state index < -0.39 is 0 Å². The molecule has 2 atom stereocenters. The third-order valence-corrected chi connectivity index (χ3v) is 2.50. The lowest BCUT2D eigenvalue weighted by atomic mass is 9.95. The van der Waals surface area contributed by atoms with Gasteiger partial charge in [-0.2, -0.15) is 0 Å². The van der Waals surface area contributed by atoms with Crippen molar-refractivity contribution in [3.05, 3.63) is 24.2 Å². The zero-order valence-electron chi connectivity index (χ0n) is 7.81. The van der Waals surface area contributed by atoms with Crippen LogP contribution in [0.1, 0.15) is 5.56 Å². The molecule has 2 unspecified atom stereocenters. The van der Waals surface area contributed by atoms with Crippen LogP contribution >= 0.6 is 0 Å². The smallest absolute Gasteiger partial charge is 0.144 e. The van der Waals surface area contributed by atoms with Crippen molar-refractivity contribution >= 4 is 5.78 Å². The minimum atomic E-state index is -0.148. The standard InChI is InChI=1S/C10H13NO3/c11-9-6-14-5-8(9)10(12)3-7-1-2-13-4-7/h1-2,4,8-9H,3,5-6,11H2. The third-order valence-electron chi connectivity index (χ3n) is 2.50. The van der Waals surface area contributed by atoms with Gasteiger partial charge in [0.05, 0.1) is 31.7 Å². The van der Waals surface area contributed by atoms with Crippen LogP contribution in [0.2, 0.25) is 0 Å². The van der Waals surface area contributed by atoms with E-state index in [0.717, 1.165) is 5.56 Å². The fourth-order valence-corrected chi connectivity index (χ4v) is 1.63. The summed E-state index contributed by atoms with van der Waals surface area (Å²) in [6.45, 7) is 0.944. The Balaban J connectivity index is 1.95. The first-order valence-corrected chi connectivity index (χ1v) is 4.64. The Kier molecular flexibility index (Phi) is 2.65. The second-order valence-electron chi connectivity index (χ2n) is 3.58. The van der Waals surface area contributed by atoms with Crippen LogP contribution in [0.5, 0.6) is 0 Å². The number of carbonyl (C=O) groups is 1. The minimum Gasteiger partial charge on any atom is -0.472 e. The number of nitrogens with two attached hydrogens (primary N) is 1. The maximum absolute atomic E-state index is 11.7. The number of rotatable bonds is 3. The molecule has 1 aromatic rings. The van der Waals surface area contributed by atoms with E-state index in [9.17, 15) is 4.79 Å². The average Bonchev–Trinajstić information content (AvgIpc) is 2.75. The first-order chi connectivity index (χ1) is 6.77. The molecule has 1 saturated heterocycles. The van der Waals surface area contributed by atoms with Crippen molar-refractivity contribution in [2.75, 3.05) is 13.2 Å². The largest absolute Gasteiger partial charge is 0.472 e. The summed E-state index contributed by atoms with van der Waals surface area (Å²) < 4.78 is 10.0. The lowest BCUT2D eigenvalue weighted by Gasteiger charge is -2.10.